The number of ether oxygens (including phenoxy) is 4. The van der Waals surface area contributed by atoms with Crippen LogP contribution in [0.2, 0.25) is 0 Å². The Morgan fingerprint density at radius 2 is 1.48 bits per heavy atom. The molecule has 0 spiro atoms. The Bertz CT molecular complexity index is 706. The van der Waals surface area contributed by atoms with Crippen molar-refractivity contribution in [2.75, 3.05) is 27.9 Å². The molecule has 1 amide bonds. The molecular formula is C18H20N2O5. The summed E-state index contributed by atoms with van der Waals surface area (Å²) in [7, 11) is 4.71. The smallest absolute Gasteiger partial charge is 0.277 e. The maximum atomic E-state index is 11.8. The van der Waals surface area contributed by atoms with Crippen LogP contribution in [0.3, 0.4) is 0 Å². The molecule has 0 saturated carbocycles. The first-order valence-corrected chi connectivity index (χ1v) is 7.46. The summed E-state index contributed by atoms with van der Waals surface area (Å²) in [6.07, 6.45) is 1.50. The fraction of sp³-hybridized carbons (Fsp3) is 0.222. The lowest BCUT2D eigenvalue weighted by atomic mass is 10.2. The molecule has 0 radical (unpaired) electrons. The highest BCUT2D eigenvalue weighted by atomic mass is 16.5. The number of amides is 1. The van der Waals surface area contributed by atoms with E-state index < -0.39 is 0 Å². The molecular weight excluding hydrogens is 324 g/mol. The number of rotatable bonds is 8. The van der Waals surface area contributed by atoms with Crippen LogP contribution in [-0.4, -0.2) is 40.1 Å². The number of nitrogens with zero attached hydrogens (tertiary/aromatic N) is 1. The summed E-state index contributed by atoms with van der Waals surface area (Å²) in [5.41, 5.74) is 3.13. The molecule has 2 rings (SSSR count). The summed E-state index contributed by atoms with van der Waals surface area (Å²) in [6.45, 7) is -0.148. The average molecular weight is 344 g/mol. The Balaban J connectivity index is 1.85. The van der Waals surface area contributed by atoms with Gasteiger partial charge in [0.25, 0.3) is 5.91 Å². The van der Waals surface area contributed by atoms with Gasteiger partial charge in [-0.05, 0) is 36.4 Å². The van der Waals surface area contributed by atoms with Gasteiger partial charge in [0.05, 0.1) is 27.5 Å². The SMILES string of the molecule is COc1ccc(OCC(=O)N/N=C/c2cc(OC)cc(OC)c2)cc1. The van der Waals surface area contributed by atoms with E-state index in [0.29, 0.717) is 17.2 Å². The Labute approximate surface area is 146 Å². The predicted octanol–water partition coefficient (Wildman–Crippen LogP) is 2.24. The highest BCUT2D eigenvalue weighted by Crippen LogP contribution is 2.21. The van der Waals surface area contributed by atoms with Crippen molar-refractivity contribution in [3.05, 3.63) is 48.0 Å². The first-order chi connectivity index (χ1) is 12.1. The lowest BCUT2D eigenvalue weighted by Crippen LogP contribution is -2.24. The first-order valence-electron chi connectivity index (χ1n) is 7.46. The second kappa shape index (κ2) is 9.17. The largest absolute Gasteiger partial charge is 0.497 e. The van der Waals surface area contributed by atoms with Crippen LogP contribution in [0.4, 0.5) is 0 Å². The standard InChI is InChI=1S/C18H20N2O5/c1-22-14-4-6-15(7-5-14)25-12-18(21)20-19-11-13-8-16(23-2)10-17(9-13)24-3/h4-11H,12H2,1-3H3,(H,20,21)/b19-11+. The van der Waals surface area contributed by atoms with Crippen molar-refractivity contribution < 1.29 is 23.7 Å². The minimum atomic E-state index is -0.373. The van der Waals surface area contributed by atoms with Crippen LogP contribution in [0, 0.1) is 0 Å². The molecule has 0 unspecified atom stereocenters. The lowest BCUT2D eigenvalue weighted by Gasteiger charge is -2.06. The zero-order valence-electron chi connectivity index (χ0n) is 14.3. The van der Waals surface area contributed by atoms with Gasteiger partial charge in [0.2, 0.25) is 0 Å². The summed E-state index contributed by atoms with van der Waals surface area (Å²) >= 11 is 0. The highest BCUT2D eigenvalue weighted by Gasteiger charge is 2.03. The Morgan fingerprint density at radius 1 is 0.920 bits per heavy atom. The van der Waals surface area contributed by atoms with E-state index in [1.165, 1.54) is 6.21 Å². The van der Waals surface area contributed by atoms with Crippen LogP contribution in [0.15, 0.2) is 47.6 Å². The quantitative estimate of drug-likeness (QED) is 0.587. The van der Waals surface area contributed by atoms with Crippen LogP contribution >= 0.6 is 0 Å². The fourth-order valence-corrected chi connectivity index (χ4v) is 1.94. The van der Waals surface area contributed by atoms with Gasteiger partial charge in [-0.15, -0.1) is 0 Å². The molecule has 0 aliphatic heterocycles. The van der Waals surface area contributed by atoms with E-state index in [4.69, 9.17) is 18.9 Å². The van der Waals surface area contributed by atoms with Crippen molar-refractivity contribution in [3.63, 3.8) is 0 Å². The summed E-state index contributed by atoms with van der Waals surface area (Å²) < 4.78 is 20.8. The molecule has 0 heterocycles. The van der Waals surface area contributed by atoms with Crippen molar-refractivity contribution in [1.82, 2.24) is 5.43 Å². The molecule has 0 saturated heterocycles. The maximum Gasteiger partial charge on any atom is 0.277 e. The van der Waals surface area contributed by atoms with E-state index in [0.717, 1.165) is 11.3 Å². The van der Waals surface area contributed by atoms with E-state index in [2.05, 4.69) is 10.5 Å². The number of hydrogen-bond donors (Lipinski definition) is 1. The predicted molar refractivity (Wildman–Crippen MR) is 93.8 cm³/mol. The van der Waals surface area contributed by atoms with Crippen LogP contribution < -0.4 is 24.4 Å². The zero-order valence-corrected chi connectivity index (χ0v) is 14.3. The van der Waals surface area contributed by atoms with Gasteiger partial charge in [0.1, 0.15) is 23.0 Å². The number of benzene rings is 2. The fourth-order valence-electron chi connectivity index (χ4n) is 1.94. The molecule has 2 aromatic carbocycles. The van der Waals surface area contributed by atoms with Gasteiger partial charge < -0.3 is 18.9 Å². The molecule has 2 aromatic rings. The van der Waals surface area contributed by atoms with E-state index in [1.807, 2.05) is 0 Å². The van der Waals surface area contributed by atoms with Crippen molar-refractivity contribution >= 4 is 12.1 Å². The summed E-state index contributed by atoms with van der Waals surface area (Å²) in [4.78, 5) is 11.8. The molecule has 7 nitrogen and oxygen atoms in total. The molecule has 0 aliphatic rings. The molecule has 0 aliphatic carbocycles. The molecule has 0 aromatic heterocycles. The van der Waals surface area contributed by atoms with Crippen molar-refractivity contribution in [1.29, 1.82) is 0 Å². The first kappa shape index (κ1) is 18.1. The van der Waals surface area contributed by atoms with E-state index in [1.54, 1.807) is 63.8 Å². The average Bonchev–Trinajstić information content (AvgIpc) is 2.66. The number of carbonyl (C=O) groups excluding carboxylic acids is 1. The highest BCUT2D eigenvalue weighted by molar-refractivity contribution is 5.83. The van der Waals surface area contributed by atoms with E-state index >= 15 is 0 Å². The number of nitrogens with one attached hydrogen (secondary N) is 1. The molecule has 7 heteroatoms. The number of hydrazone groups is 1. The minimum absolute atomic E-state index is 0.148. The second-order valence-electron chi connectivity index (χ2n) is 4.90. The normalized spacial score (nSPS) is 10.4. The van der Waals surface area contributed by atoms with Crippen LogP contribution in [0.1, 0.15) is 5.56 Å². The van der Waals surface area contributed by atoms with Gasteiger partial charge in [0.15, 0.2) is 6.61 Å². The number of carbonyl (C=O) groups is 1. The summed E-state index contributed by atoms with van der Waals surface area (Å²) in [6, 6.07) is 12.2. The number of hydrogen-bond acceptors (Lipinski definition) is 6. The van der Waals surface area contributed by atoms with Gasteiger partial charge in [-0.3, -0.25) is 4.79 Å². The monoisotopic (exact) mass is 344 g/mol. The molecule has 0 bridgehead atoms. The van der Waals surface area contributed by atoms with Gasteiger partial charge in [-0.25, -0.2) is 5.43 Å². The molecule has 25 heavy (non-hydrogen) atoms. The Kier molecular flexibility index (Phi) is 6.65. The van der Waals surface area contributed by atoms with Crippen LogP contribution in [0.5, 0.6) is 23.0 Å². The third-order valence-corrected chi connectivity index (χ3v) is 3.21. The van der Waals surface area contributed by atoms with Gasteiger partial charge >= 0.3 is 0 Å². The number of methoxy groups -OCH3 is 3. The van der Waals surface area contributed by atoms with Crippen molar-refractivity contribution in [3.8, 4) is 23.0 Å². The molecule has 1 N–H and O–H groups in total. The third-order valence-electron chi connectivity index (χ3n) is 3.21. The van der Waals surface area contributed by atoms with Crippen molar-refractivity contribution in [2.45, 2.75) is 0 Å². The van der Waals surface area contributed by atoms with Crippen molar-refractivity contribution in [2.24, 2.45) is 5.10 Å². The summed E-state index contributed by atoms with van der Waals surface area (Å²) in [5.74, 6) is 2.18. The molecule has 0 atom stereocenters. The minimum Gasteiger partial charge on any atom is -0.497 e. The van der Waals surface area contributed by atoms with Gasteiger partial charge in [-0.1, -0.05) is 0 Å². The van der Waals surface area contributed by atoms with E-state index in [9.17, 15) is 4.79 Å². The van der Waals surface area contributed by atoms with E-state index in [-0.39, 0.29) is 12.5 Å². The maximum absolute atomic E-state index is 11.8. The zero-order chi connectivity index (χ0) is 18.1. The summed E-state index contributed by atoms with van der Waals surface area (Å²) in [5, 5.41) is 3.90. The van der Waals surface area contributed by atoms with Gasteiger partial charge in [-0.2, -0.15) is 5.10 Å². The second-order valence-corrected chi connectivity index (χ2v) is 4.90. The third kappa shape index (κ3) is 5.72. The Morgan fingerprint density at radius 3 is 2.04 bits per heavy atom. The lowest BCUT2D eigenvalue weighted by molar-refractivity contribution is -0.123. The molecule has 0 fully saturated rings. The topological polar surface area (TPSA) is 78.4 Å². The Hall–Kier alpha value is -3.22. The van der Waals surface area contributed by atoms with Crippen LogP contribution in [-0.2, 0) is 4.79 Å². The van der Waals surface area contributed by atoms with Crippen LogP contribution in [0.25, 0.3) is 0 Å². The van der Waals surface area contributed by atoms with Gasteiger partial charge in [0, 0.05) is 11.6 Å². The molecule has 132 valence electrons.